The Balaban J connectivity index is 2.19. The van der Waals surface area contributed by atoms with E-state index in [4.69, 9.17) is 23.7 Å². The van der Waals surface area contributed by atoms with Crippen LogP contribution in [-0.4, -0.2) is 45.7 Å². The molecule has 2 heterocycles. The van der Waals surface area contributed by atoms with E-state index in [9.17, 15) is 14.4 Å². The molecular weight excluding hydrogens is 396 g/mol. The van der Waals surface area contributed by atoms with Crippen molar-refractivity contribution in [2.75, 3.05) is 37.8 Å². The van der Waals surface area contributed by atoms with Crippen molar-refractivity contribution in [1.29, 1.82) is 0 Å². The molecule has 0 spiro atoms. The lowest BCUT2D eigenvalue weighted by Gasteiger charge is -2.25. The summed E-state index contributed by atoms with van der Waals surface area (Å²) >= 11 is 0. The first-order chi connectivity index (χ1) is 14.5. The highest BCUT2D eigenvalue weighted by Gasteiger charge is 2.30. The number of carbonyl (C=O) groups excluding carboxylic acids is 3. The quantitative estimate of drug-likeness (QED) is 0.571. The Morgan fingerprint density at radius 3 is 2.43 bits per heavy atom. The van der Waals surface area contributed by atoms with Crippen LogP contribution in [0.5, 0.6) is 11.5 Å². The molecule has 2 aliphatic heterocycles. The molecule has 1 N–H and O–H groups in total. The zero-order valence-electron chi connectivity index (χ0n) is 16.6. The smallest absolute Gasteiger partial charge is 0.411 e. The monoisotopic (exact) mass is 416 g/mol. The highest BCUT2D eigenvalue weighted by atomic mass is 16.7. The van der Waals surface area contributed by atoms with Crippen LogP contribution in [-0.2, 0) is 23.8 Å². The van der Waals surface area contributed by atoms with Gasteiger partial charge in [0.25, 0.3) is 0 Å². The summed E-state index contributed by atoms with van der Waals surface area (Å²) in [4.78, 5) is 38.4. The largest absolute Gasteiger partial charge is 0.465 e. The molecule has 1 aromatic carbocycles. The van der Waals surface area contributed by atoms with Crippen LogP contribution in [0.15, 0.2) is 47.8 Å². The highest BCUT2D eigenvalue weighted by Crippen LogP contribution is 2.43. The average Bonchev–Trinajstić information content (AvgIpc) is 3.08. The SMILES string of the molecule is CCOC(=O)Nc1cc2c(cc1N1C=CC=CC(C(=O)OC)=C1C(=O)OC)OCO2. The number of carbonyl (C=O) groups is 3. The molecule has 1 aromatic rings. The lowest BCUT2D eigenvalue weighted by Crippen LogP contribution is -2.28. The number of allylic oxidation sites excluding steroid dienone is 2. The van der Waals surface area contributed by atoms with Gasteiger partial charge in [0, 0.05) is 18.3 Å². The lowest BCUT2D eigenvalue weighted by atomic mass is 10.1. The third kappa shape index (κ3) is 4.07. The van der Waals surface area contributed by atoms with Crippen LogP contribution < -0.4 is 19.7 Å². The Kier molecular flexibility index (Phi) is 6.26. The number of hydrogen-bond acceptors (Lipinski definition) is 9. The molecule has 1 amide bonds. The normalized spacial score (nSPS) is 14.3. The molecule has 30 heavy (non-hydrogen) atoms. The minimum atomic E-state index is -0.786. The second kappa shape index (κ2) is 9.03. The number of methoxy groups -OCH3 is 2. The fourth-order valence-corrected chi connectivity index (χ4v) is 2.86. The van der Waals surface area contributed by atoms with Gasteiger partial charge in [-0.25, -0.2) is 14.4 Å². The van der Waals surface area contributed by atoms with Gasteiger partial charge in [-0.05, 0) is 19.1 Å². The maximum Gasteiger partial charge on any atom is 0.411 e. The van der Waals surface area contributed by atoms with Crippen LogP contribution >= 0.6 is 0 Å². The molecule has 10 nitrogen and oxygen atoms in total. The minimum Gasteiger partial charge on any atom is -0.465 e. The van der Waals surface area contributed by atoms with Gasteiger partial charge >= 0.3 is 18.0 Å². The van der Waals surface area contributed by atoms with Gasteiger partial charge in [-0.1, -0.05) is 6.08 Å². The number of nitrogens with zero attached hydrogens (tertiary/aromatic N) is 1. The van der Waals surface area contributed by atoms with E-state index in [1.165, 1.54) is 37.5 Å². The maximum atomic E-state index is 12.6. The van der Waals surface area contributed by atoms with Crippen LogP contribution in [0.1, 0.15) is 6.92 Å². The zero-order chi connectivity index (χ0) is 21.7. The van der Waals surface area contributed by atoms with Gasteiger partial charge in [-0.2, -0.15) is 0 Å². The van der Waals surface area contributed by atoms with Crippen LogP contribution in [0.25, 0.3) is 0 Å². The van der Waals surface area contributed by atoms with Gasteiger partial charge in [-0.3, -0.25) is 5.32 Å². The topological polar surface area (TPSA) is 113 Å². The summed E-state index contributed by atoms with van der Waals surface area (Å²) in [6.45, 7) is 1.84. The molecule has 0 saturated heterocycles. The predicted octanol–water partition coefficient (Wildman–Crippen LogP) is 2.47. The van der Waals surface area contributed by atoms with Crippen molar-refractivity contribution >= 4 is 29.4 Å². The Labute approximate surface area is 172 Å². The van der Waals surface area contributed by atoms with Crippen molar-refractivity contribution < 1.29 is 38.1 Å². The van der Waals surface area contributed by atoms with Crippen molar-refractivity contribution in [2.45, 2.75) is 6.92 Å². The predicted molar refractivity (Wildman–Crippen MR) is 105 cm³/mol. The van der Waals surface area contributed by atoms with Crippen molar-refractivity contribution in [3.8, 4) is 11.5 Å². The van der Waals surface area contributed by atoms with E-state index in [-0.39, 0.29) is 30.4 Å². The molecule has 0 radical (unpaired) electrons. The molecule has 0 bridgehead atoms. The van der Waals surface area contributed by atoms with Gasteiger partial charge in [0.2, 0.25) is 6.79 Å². The number of hydrogen-bond donors (Lipinski definition) is 1. The first-order valence-electron chi connectivity index (χ1n) is 8.92. The summed E-state index contributed by atoms with van der Waals surface area (Å²) in [6.07, 6.45) is 5.44. The van der Waals surface area contributed by atoms with Gasteiger partial charge in [0.1, 0.15) is 5.70 Å². The number of nitrogens with one attached hydrogen (secondary N) is 1. The number of amides is 1. The first kappa shape index (κ1) is 20.8. The standard InChI is InChI=1S/C20H20N2O8/c1-4-28-20(25)21-13-9-15-16(30-11-29-15)10-14(13)22-8-6-5-7-12(18(23)26-2)17(22)19(24)27-3/h5-10H,4,11H2,1-3H3,(H,21,25). The van der Waals surface area contributed by atoms with Crippen molar-refractivity contribution in [3.63, 3.8) is 0 Å². The number of ether oxygens (including phenoxy) is 5. The Bertz CT molecular complexity index is 964. The molecule has 0 fully saturated rings. The van der Waals surface area contributed by atoms with E-state index in [1.54, 1.807) is 25.1 Å². The fourth-order valence-electron chi connectivity index (χ4n) is 2.86. The van der Waals surface area contributed by atoms with Crippen LogP contribution in [0.2, 0.25) is 0 Å². The summed E-state index contributed by atoms with van der Waals surface area (Å²) in [5.41, 5.74) is 0.429. The van der Waals surface area contributed by atoms with Crippen molar-refractivity contribution in [1.82, 2.24) is 0 Å². The molecule has 3 rings (SSSR count). The third-order valence-corrected chi connectivity index (χ3v) is 4.15. The molecule has 10 heteroatoms. The summed E-state index contributed by atoms with van der Waals surface area (Å²) < 4.78 is 25.5. The van der Waals surface area contributed by atoms with Crippen molar-refractivity contribution in [2.24, 2.45) is 0 Å². The molecule has 0 unspecified atom stereocenters. The Morgan fingerprint density at radius 2 is 1.77 bits per heavy atom. The summed E-state index contributed by atoms with van der Waals surface area (Å²) in [5.74, 6) is -0.722. The van der Waals surface area contributed by atoms with Gasteiger partial charge in [0.15, 0.2) is 11.5 Å². The van der Waals surface area contributed by atoms with Crippen molar-refractivity contribution in [3.05, 3.63) is 47.8 Å². The second-order valence-electron chi connectivity index (χ2n) is 5.88. The number of esters is 2. The van der Waals surface area contributed by atoms with Crippen LogP contribution in [0.4, 0.5) is 16.2 Å². The Hall–Kier alpha value is -3.95. The molecular formula is C20H20N2O8. The number of fused-ring (bicyclic) bond motifs is 1. The molecule has 0 aliphatic carbocycles. The molecule has 0 saturated carbocycles. The van der Waals surface area contributed by atoms with Gasteiger partial charge < -0.3 is 28.6 Å². The van der Waals surface area contributed by atoms with E-state index in [0.717, 1.165) is 0 Å². The average molecular weight is 416 g/mol. The van der Waals surface area contributed by atoms with E-state index < -0.39 is 18.0 Å². The zero-order valence-corrected chi connectivity index (χ0v) is 16.6. The van der Waals surface area contributed by atoms with Gasteiger partial charge in [-0.15, -0.1) is 0 Å². The highest BCUT2D eigenvalue weighted by molar-refractivity contribution is 6.06. The molecule has 158 valence electrons. The van der Waals surface area contributed by atoms with Crippen LogP contribution in [0, 0.1) is 0 Å². The Morgan fingerprint density at radius 1 is 1.07 bits per heavy atom. The summed E-state index contributed by atoms with van der Waals surface area (Å²) in [6, 6.07) is 3.10. The number of rotatable bonds is 5. The number of anilines is 2. The number of benzene rings is 1. The lowest BCUT2D eigenvalue weighted by molar-refractivity contribution is -0.139. The third-order valence-electron chi connectivity index (χ3n) is 4.15. The first-order valence-corrected chi connectivity index (χ1v) is 8.92. The molecule has 0 atom stereocenters. The van der Waals surface area contributed by atoms with E-state index in [2.05, 4.69) is 5.32 Å². The van der Waals surface area contributed by atoms with Crippen LogP contribution in [0.3, 0.4) is 0 Å². The van der Waals surface area contributed by atoms with E-state index in [1.807, 2.05) is 0 Å². The van der Waals surface area contributed by atoms with E-state index in [0.29, 0.717) is 17.2 Å². The molecule has 0 aromatic heterocycles. The van der Waals surface area contributed by atoms with Gasteiger partial charge in [0.05, 0.1) is 37.8 Å². The second-order valence-corrected chi connectivity index (χ2v) is 5.88. The summed E-state index contributed by atoms with van der Waals surface area (Å²) in [5, 5.41) is 2.61. The minimum absolute atomic E-state index is 0.00212. The summed E-state index contributed by atoms with van der Waals surface area (Å²) in [7, 11) is 2.40. The van der Waals surface area contributed by atoms with E-state index >= 15 is 0 Å². The molecule has 2 aliphatic rings. The fraction of sp³-hybridized carbons (Fsp3) is 0.250. The maximum absolute atomic E-state index is 12.6.